The summed E-state index contributed by atoms with van der Waals surface area (Å²) >= 11 is 1.55. The number of thioether (sulfide) groups is 1. The van der Waals surface area contributed by atoms with E-state index in [1.807, 2.05) is 49.4 Å². The van der Waals surface area contributed by atoms with Gasteiger partial charge in [-0.1, -0.05) is 60.2 Å². The molecule has 2 N–H and O–H groups in total. The summed E-state index contributed by atoms with van der Waals surface area (Å²) in [7, 11) is 0. The normalized spacial score (nSPS) is 11.1. The molecule has 0 saturated heterocycles. The Morgan fingerprint density at radius 1 is 0.871 bits per heavy atom. The third kappa shape index (κ3) is 7.12. The molecule has 0 bridgehead atoms. The van der Waals surface area contributed by atoms with Crippen molar-refractivity contribution in [1.29, 1.82) is 0 Å². The fraction of sp³-hybridized carbons (Fsp3) is 0.160. The molecular formula is C25H25N3O2S. The Hall–Kier alpha value is -3.38. The first-order valence-electron chi connectivity index (χ1n) is 9.94. The third-order valence-corrected chi connectivity index (χ3v) is 5.57. The number of carbonyl (C=O) groups excluding carboxylic acids is 2. The van der Waals surface area contributed by atoms with Crippen molar-refractivity contribution in [2.45, 2.75) is 19.6 Å². The Morgan fingerprint density at radius 2 is 1.55 bits per heavy atom. The molecule has 3 rings (SSSR count). The summed E-state index contributed by atoms with van der Waals surface area (Å²) in [5.41, 5.74) is 7.88. The zero-order valence-corrected chi connectivity index (χ0v) is 18.4. The molecule has 0 aliphatic rings. The summed E-state index contributed by atoms with van der Waals surface area (Å²) in [6.45, 7) is 3.89. The van der Waals surface area contributed by atoms with Crippen molar-refractivity contribution in [3.8, 4) is 0 Å². The van der Waals surface area contributed by atoms with Crippen LogP contribution in [0.15, 0.2) is 84.0 Å². The van der Waals surface area contributed by atoms with Gasteiger partial charge in [0.2, 0.25) is 5.91 Å². The minimum Gasteiger partial charge on any atom is -0.322 e. The Labute approximate surface area is 187 Å². The molecule has 6 heteroatoms. The van der Waals surface area contributed by atoms with E-state index in [4.69, 9.17) is 0 Å². The van der Waals surface area contributed by atoms with E-state index >= 15 is 0 Å². The lowest BCUT2D eigenvalue weighted by molar-refractivity contribution is -0.118. The lowest BCUT2D eigenvalue weighted by atomic mass is 10.1. The van der Waals surface area contributed by atoms with E-state index in [0.29, 0.717) is 22.7 Å². The average Bonchev–Trinajstić information content (AvgIpc) is 2.80. The second kappa shape index (κ2) is 11.1. The van der Waals surface area contributed by atoms with Gasteiger partial charge in [-0.25, -0.2) is 5.43 Å². The maximum atomic E-state index is 12.2. The largest absolute Gasteiger partial charge is 0.322 e. The van der Waals surface area contributed by atoms with Gasteiger partial charge >= 0.3 is 0 Å². The molecule has 5 nitrogen and oxygen atoms in total. The first kappa shape index (κ1) is 22.3. The van der Waals surface area contributed by atoms with Gasteiger partial charge in [-0.3, -0.25) is 9.59 Å². The molecule has 0 aromatic heterocycles. The first-order chi connectivity index (χ1) is 15.0. The molecule has 158 valence electrons. The van der Waals surface area contributed by atoms with Crippen molar-refractivity contribution in [2.75, 3.05) is 11.1 Å². The van der Waals surface area contributed by atoms with E-state index < -0.39 is 0 Å². The van der Waals surface area contributed by atoms with Gasteiger partial charge in [-0.15, -0.1) is 11.8 Å². The summed E-state index contributed by atoms with van der Waals surface area (Å²) < 4.78 is 0. The summed E-state index contributed by atoms with van der Waals surface area (Å²) in [4.78, 5) is 24.3. The van der Waals surface area contributed by atoms with Crippen LogP contribution in [-0.2, 0) is 10.5 Å². The number of amides is 2. The van der Waals surface area contributed by atoms with E-state index in [-0.39, 0.29) is 11.8 Å². The molecule has 0 heterocycles. The molecule has 0 aliphatic heterocycles. The molecule has 0 radical (unpaired) electrons. The quantitative estimate of drug-likeness (QED) is 0.389. The van der Waals surface area contributed by atoms with Crippen LogP contribution in [0.1, 0.15) is 34.0 Å². The molecule has 0 fully saturated rings. The summed E-state index contributed by atoms with van der Waals surface area (Å²) in [5, 5.41) is 7.05. The fourth-order valence-corrected chi connectivity index (χ4v) is 3.56. The zero-order valence-electron chi connectivity index (χ0n) is 17.6. The van der Waals surface area contributed by atoms with Gasteiger partial charge in [0.05, 0.1) is 11.5 Å². The van der Waals surface area contributed by atoms with Crippen LogP contribution < -0.4 is 10.7 Å². The minimum atomic E-state index is -0.158. The highest BCUT2D eigenvalue weighted by Crippen LogP contribution is 2.14. The van der Waals surface area contributed by atoms with Gasteiger partial charge in [0, 0.05) is 17.0 Å². The van der Waals surface area contributed by atoms with Crippen LogP contribution in [0.25, 0.3) is 0 Å². The van der Waals surface area contributed by atoms with Gasteiger partial charge in [-0.05, 0) is 49.2 Å². The molecule has 0 spiro atoms. The van der Waals surface area contributed by atoms with E-state index in [9.17, 15) is 9.59 Å². The fourth-order valence-electron chi connectivity index (χ4n) is 2.78. The Balaban J connectivity index is 1.46. The first-order valence-corrected chi connectivity index (χ1v) is 11.1. The second-order valence-electron chi connectivity index (χ2n) is 7.11. The van der Waals surface area contributed by atoms with Crippen LogP contribution in [-0.4, -0.2) is 23.3 Å². The standard InChI is InChI=1S/C25H25N3O2S/c1-18-8-10-20(11-9-18)16-31-17-24(29)28-27-19(2)21-12-14-23(15-13-21)26-25(30)22-6-4-3-5-7-22/h3-15H,16-17H2,1-2H3,(H,26,30)(H,28,29)/b27-19-. The third-order valence-electron chi connectivity index (χ3n) is 4.57. The number of hydrogen-bond donors (Lipinski definition) is 2. The number of nitrogens with one attached hydrogen (secondary N) is 2. The number of hydrogen-bond acceptors (Lipinski definition) is 4. The van der Waals surface area contributed by atoms with Crippen LogP contribution in [0.5, 0.6) is 0 Å². The van der Waals surface area contributed by atoms with Crippen molar-refractivity contribution in [3.63, 3.8) is 0 Å². The van der Waals surface area contributed by atoms with Gasteiger partial charge in [0.15, 0.2) is 0 Å². The molecule has 3 aromatic rings. The van der Waals surface area contributed by atoms with E-state index in [0.717, 1.165) is 11.3 Å². The van der Waals surface area contributed by atoms with Gasteiger partial charge < -0.3 is 5.32 Å². The van der Waals surface area contributed by atoms with E-state index in [1.54, 1.807) is 23.9 Å². The molecule has 31 heavy (non-hydrogen) atoms. The average molecular weight is 432 g/mol. The smallest absolute Gasteiger partial charge is 0.255 e. The molecule has 2 amide bonds. The summed E-state index contributed by atoms with van der Waals surface area (Å²) in [6.07, 6.45) is 0. The number of carbonyl (C=O) groups is 2. The van der Waals surface area contributed by atoms with Gasteiger partial charge in [0.25, 0.3) is 5.91 Å². The molecule has 0 aliphatic carbocycles. The number of nitrogens with zero attached hydrogens (tertiary/aromatic N) is 1. The predicted molar refractivity (Wildman–Crippen MR) is 129 cm³/mol. The molecular weight excluding hydrogens is 406 g/mol. The van der Waals surface area contributed by atoms with Crippen molar-refractivity contribution in [1.82, 2.24) is 5.43 Å². The second-order valence-corrected chi connectivity index (χ2v) is 8.09. The number of anilines is 1. The van der Waals surface area contributed by atoms with Crippen molar-refractivity contribution in [3.05, 3.63) is 101 Å². The predicted octanol–water partition coefficient (Wildman–Crippen LogP) is 5.02. The number of benzene rings is 3. The van der Waals surface area contributed by atoms with Crippen LogP contribution >= 0.6 is 11.8 Å². The highest BCUT2D eigenvalue weighted by Gasteiger charge is 2.06. The van der Waals surface area contributed by atoms with Crippen LogP contribution in [0.4, 0.5) is 5.69 Å². The van der Waals surface area contributed by atoms with Crippen LogP contribution in [0.3, 0.4) is 0 Å². The molecule has 0 saturated carbocycles. The minimum absolute atomic E-state index is 0.136. The highest BCUT2D eigenvalue weighted by molar-refractivity contribution is 7.99. The lowest BCUT2D eigenvalue weighted by Crippen LogP contribution is -2.21. The molecule has 0 unspecified atom stereocenters. The Morgan fingerprint density at radius 3 is 2.23 bits per heavy atom. The maximum absolute atomic E-state index is 12.2. The van der Waals surface area contributed by atoms with Crippen molar-refractivity contribution < 1.29 is 9.59 Å². The topological polar surface area (TPSA) is 70.6 Å². The maximum Gasteiger partial charge on any atom is 0.255 e. The van der Waals surface area contributed by atoms with Crippen molar-refractivity contribution in [2.24, 2.45) is 5.10 Å². The van der Waals surface area contributed by atoms with Gasteiger partial charge in [0.1, 0.15) is 0 Å². The number of aryl methyl sites for hydroxylation is 1. The highest BCUT2D eigenvalue weighted by atomic mass is 32.2. The van der Waals surface area contributed by atoms with Crippen LogP contribution in [0, 0.1) is 6.92 Å². The van der Waals surface area contributed by atoms with E-state index in [2.05, 4.69) is 47.0 Å². The van der Waals surface area contributed by atoms with Crippen LogP contribution in [0.2, 0.25) is 0 Å². The number of rotatable bonds is 8. The Kier molecular flexibility index (Phi) is 8.01. The Bertz CT molecular complexity index is 1050. The van der Waals surface area contributed by atoms with Gasteiger partial charge in [-0.2, -0.15) is 5.10 Å². The number of hydrazone groups is 1. The van der Waals surface area contributed by atoms with Crippen molar-refractivity contribution >= 4 is 35.0 Å². The summed E-state index contributed by atoms with van der Waals surface area (Å²) in [6, 6.07) is 24.7. The van der Waals surface area contributed by atoms with E-state index in [1.165, 1.54) is 11.1 Å². The molecule has 0 atom stereocenters. The SMILES string of the molecule is C/C(=N/NC(=O)CSCc1ccc(C)cc1)c1ccc(NC(=O)c2ccccc2)cc1. The zero-order chi connectivity index (χ0) is 22.1. The summed E-state index contributed by atoms with van der Waals surface area (Å²) in [5.74, 6) is 0.833. The lowest BCUT2D eigenvalue weighted by Gasteiger charge is -2.07. The molecule has 3 aromatic carbocycles. The monoisotopic (exact) mass is 431 g/mol.